The molecule has 0 bridgehead atoms. The molecule has 19 heavy (non-hydrogen) atoms. The van der Waals surface area contributed by atoms with Crippen LogP contribution in [0.3, 0.4) is 0 Å². The van der Waals surface area contributed by atoms with Gasteiger partial charge in [0.05, 0.1) is 0 Å². The second-order valence-corrected chi connectivity index (χ2v) is 6.16. The topological polar surface area (TPSA) is 63.3 Å². The first-order valence-corrected chi connectivity index (χ1v) is 6.41. The van der Waals surface area contributed by atoms with E-state index < -0.39 is 11.4 Å². The smallest absolute Gasteiger partial charge is 0.315 e. The van der Waals surface area contributed by atoms with Crippen LogP contribution in [-0.2, 0) is 10.2 Å². The first-order valence-electron chi connectivity index (χ1n) is 6.41. The first kappa shape index (κ1) is 15.6. The fourth-order valence-corrected chi connectivity index (χ4v) is 2.04. The van der Waals surface area contributed by atoms with Crippen molar-refractivity contribution >= 4 is 5.97 Å². The molecule has 1 aromatic rings. The van der Waals surface area contributed by atoms with Crippen LogP contribution >= 0.6 is 0 Å². The summed E-state index contributed by atoms with van der Waals surface area (Å²) in [6.45, 7) is 6.17. The number of halogens is 1. The number of carbonyl (C=O) groups is 1. The Hall–Kier alpha value is -1.42. The van der Waals surface area contributed by atoms with E-state index in [1.807, 2.05) is 0 Å². The third-order valence-electron chi connectivity index (χ3n) is 3.46. The van der Waals surface area contributed by atoms with Crippen LogP contribution in [0.15, 0.2) is 24.3 Å². The van der Waals surface area contributed by atoms with Gasteiger partial charge in [0.1, 0.15) is 11.2 Å². The summed E-state index contributed by atoms with van der Waals surface area (Å²) >= 11 is 0. The molecular weight excluding hydrogens is 245 g/mol. The largest absolute Gasteiger partial charge is 0.481 e. The SMILES string of the molecule is CC(C)(C)CCC(CN)(C(=O)O)c1ccc(F)cc1. The molecule has 0 fully saturated rings. The molecule has 1 rings (SSSR count). The molecule has 1 atom stereocenters. The molecule has 106 valence electrons. The highest BCUT2D eigenvalue weighted by Crippen LogP contribution is 2.34. The van der Waals surface area contributed by atoms with Crippen molar-refractivity contribution in [3.05, 3.63) is 35.6 Å². The maximum absolute atomic E-state index is 13.0. The quantitative estimate of drug-likeness (QED) is 0.862. The Morgan fingerprint density at radius 3 is 2.11 bits per heavy atom. The Labute approximate surface area is 113 Å². The van der Waals surface area contributed by atoms with Gasteiger partial charge in [0.25, 0.3) is 0 Å². The number of aliphatic carboxylic acids is 1. The van der Waals surface area contributed by atoms with Crippen LogP contribution in [0.1, 0.15) is 39.2 Å². The van der Waals surface area contributed by atoms with E-state index in [1.165, 1.54) is 24.3 Å². The summed E-state index contributed by atoms with van der Waals surface area (Å²) in [4.78, 5) is 11.7. The van der Waals surface area contributed by atoms with E-state index in [2.05, 4.69) is 20.8 Å². The highest BCUT2D eigenvalue weighted by Gasteiger charge is 2.39. The third-order valence-corrected chi connectivity index (χ3v) is 3.46. The molecule has 0 aliphatic carbocycles. The van der Waals surface area contributed by atoms with Gasteiger partial charge in [0.2, 0.25) is 0 Å². The molecule has 0 spiro atoms. The van der Waals surface area contributed by atoms with Crippen LogP contribution < -0.4 is 5.73 Å². The molecule has 0 aliphatic rings. The number of carboxylic acid groups (broad SMARTS) is 1. The Bertz CT molecular complexity index is 436. The summed E-state index contributed by atoms with van der Waals surface area (Å²) in [5, 5.41) is 9.57. The van der Waals surface area contributed by atoms with Crippen LogP contribution in [0.5, 0.6) is 0 Å². The fraction of sp³-hybridized carbons (Fsp3) is 0.533. The summed E-state index contributed by atoms with van der Waals surface area (Å²) in [6.07, 6.45) is 1.17. The van der Waals surface area contributed by atoms with Crippen LogP contribution in [0.4, 0.5) is 4.39 Å². The van der Waals surface area contributed by atoms with Gasteiger partial charge in [-0.2, -0.15) is 0 Å². The van der Waals surface area contributed by atoms with E-state index in [0.717, 1.165) is 6.42 Å². The number of hydrogen-bond donors (Lipinski definition) is 2. The van der Waals surface area contributed by atoms with Gasteiger partial charge in [-0.15, -0.1) is 0 Å². The minimum Gasteiger partial charge on any atom is -0.481 e. The highest BCUT2D eigenvalue weighted by atomic mass is 19.1. The van der Waals surface area contributed by atoms with Crippen LogP contribution in [0.2, 0.25) is 0 Å². The predicted molar refractivity (Wildman–Crippen MR) is 73.5 cm³/mol. The molecule has 0 aromatic heterocycles. The predicted octanol–water partition coefficient (Wildman–Crippen LogP) is 2.93. The minimum atomic E-state index is -1.14. The first-order chi connectivity index (χ1) is 8.71. The Balaban J connectivity index is 3.12. The summed E-state index contributed by atoms with van der Waals surface area (Å²) in [5.74, 6) is -1.33. The van der Waals surface area contributed by atoms with Gasteiger partial charge in [-0.25, -0.2) is 4.39 Å². The number of carboxylic acids is 1. The summed E-state index contributed by atoms with van der Waals surface area (Å²) < 4.78 is 13.0. The maximum Gasteiger partial charge on any atom is 0.315 e. The molecule has 0 aliphatic heterocycles. The molecular formula is C15H22FNO2. The number of rotatable bonds is 5. The van der Waals surface area contributed by atoms with Crippen molar-refractivity contribution in [2.45, 2.75) is 39.0 Å². The van der Waals surface area contributed by atoms with Crippen LogP contribution in [-0.4, -0.2) is 17.6 Å². The van der Waals surface area contributed by atoms with E-state index in [-0.39, 0.29) is 17.8 Å². The monoisotopic (exact) mass is 267 g/mol. The number of hydrogen-bond acceptors (Lipinski definition) is 2. The molecule has 0 saturated heterocycles. The standard InChI is InChI=1S/C15H22FNO2/c1-14(2,3)8-9-15(10-17,13(18)19)11-4-6-12(16)7-5-11/h4-7H,8-10,17H2,1-3H3,(H,18,19). The summed E-state index contributed by atoms with van der Waals surface area (Å²) in [7, 11) is 0. The van der Waals surface area contributed by atoms with Crippen LogP contribution in [0, 0.1) is 11.2 Å². The molecule has 4 heteroatoms. The molecule has 0 amide bonds. The molecule has 0 saturated carbocycles. The Kier molecular flexibility index (Phi) is 4.69. The molecule has 3 N–H and O–H groups in total. The zero-order valence-corrected chi connectivity index (χ0v) is 11.7. The van der Waals surface area contributed by atoms with Crippen molar-refractivity contribution in [1.29, 1.82) is 0 Å². The van der Waals surface area contributed by atoms with Crippen molar-refractivity contribution in [2.75, 3.05) is 6.54 Å². The Morgan fingerprint density at radius 1 is 1.21 bits per heavy atom. The third kappa shape index (κ3) is 3.77. The highest BCUT2D eigenvalue weighted by molar-refractivity contribution is 5.81. The van der Waals surface area contributed by atoms with Gasteiger partial charge >= 0.3 is 5.97 Å². The van der Waals surface area contributed by atoms with E-state index in [0.29, 0.717) is 12.0 Å². The second-order valence-electron chi connectivity index (χ2n) is 6.16. The Morgan fingerprint density at radius 2 is 1.74 bits per heavy atom. The van der Waals surface area contributed by atoms with Crippen molar-refractivity contribution in [3.8, 4) is 0 Å². The van der Waals surface area contributed by atoms with Crippen molar-refractivity contribution in [1.82, 2.24) is 0 Å². The lowest BCUT2D eigenvalue weighted by atomic mass is 9.73. The lowest BCUT2D eigenvalue weighted by Crippen LogP contribution is -2.43. The van der Waals surface area contributed by atoms with E-state index in [9.17, 15) is 14.3 Å². The number of nitrogens with two attached hydrogens (primary N) is 1. The lowest BCUT2D eigenvalue weighted by molar-refractivity contribution is -0.144. The minimum absolute atomic E-state index is 0.00401. The lowest BCUT2D eigenvalue weighted by Gasteiger charge is -2.31. The van der Waals surface area contributed by atoms with Gasteiger partial charge in [0.15, 0.2) is 0 Å². The van der Waals surface area contributed by atoms with Gasteiger partial charge in [-0.3, -0.25) is 4.79 Å². The number of benzene rings is 1. The van der Waals surface area contributed by atoms with Crippen molar-refractivity contribution in [2.24, 2.45) is 11.1 Å². The molecule has 1 unspecified atom stereocenters. The van der Waals surface area contributed by atoms with Gasteiger partial charge in [-0.05, 0) is 36.0 Å². The summed E-state index contributed by atoms with van der Waals surface area (Å²) in [5.41, 5.74) is 5.18. The normalized spacial score (nSPS) is 15.0. The van der Waals surface area contributed by atoms with E-state index in [4.69, 9.17) is 5.73 Å². The maximum atomic E-state index is 13.0. The van der Waals surface area contributed by atoms with Crippen molar-refractivity contribution in [3.63, 3.8) is 0 Å². The van der Waals surface area contributed by atoms with Gasteiger partial charge < -0.3 is 10.8 Å². The fourth-order valence-electron chi connectivity index (χ4n) is 2.04. The van der Waals surface area contributed by atoms with Gasteiger partial charge in [0, 0.05) is 6.54 Å². The van der Waals surface area contributed by atoms with E-state index in [1.54, 1.807) is 0 Å². The van der Waals surface area contributed by atoms with Crippen LogP contribution in [0.25, 0.3) is 0 Å². The molecule has 0 heterocycles. The zero-order chi connectivity index (χ0) is 14.7. The molecule has 0 radical (unpaired) electrons. The average Bonchev–Trinajstić information content (AvgIpc) is 2.30. The summed E-state index contributed by atoms with van der Waals surface area (Å²) in [6, 6.07) is 5.58. The van der Waals surface area contributed by atoms with Crippen molar-refractivity contribution < 1.29 is 14.3 Å². The van der Waals surface area contributed by atoms with Gasteiger partial charge in [-0.1, -0.05) is 32.9 Å². The molecule has 1 aromatic carbocycles. The zero-order valence-electron chi connectivity index (χ0n) is 11.7. The van der Waals surface area contributed by atoms with E-state index >= 15 is 0 Å². The second kappa shape index (κ2) is 5.70. The molecule has 3 nitrogen and oxygen atoms in total. The average molecular weight is 267 g/mol.